The second-order valence-electron chi connectivity index (χ2n) is 4.64. The van der Waals surface area contributed by atoms with Crippen LogP contribution in [0.4, 0.5) is 4.79 Å². The summed E-state index contributed by atoms with van der Waals surface area (Å²) in [5.41, 5.74) is 0. The maximum atomic E-state index is 11.9. The molecule has 1 aliphatic heterocycles. The fraction of sp³-hybridized carbons (Fsp3) is 0.692. The Balaban J connectivity index is 2.53. The molecular formula is C13H20N2O3. The minimum absolute atomic E-state index is 0.00675. The summed E-state index contributed by atoms with van der Waals surface area (Å²) >= 11 is 0. The first kappa shape index (κ1) is 14.4. The maximum absolute atomic E-state index is 11.9. The molecular weight excluding hydrogens is 232 g/mol. The van der Waals surface area contributed by atoms with Gasteiger partial charge >= 0.3 is 12.0 Å². The first-order valence-electron chi connectivity index (χ1n) is 6.28. The molecule has 0 aromatic carbocycles. The van der Waals surface area contributed by atoms with Gasteiger partial charge in [0.2, 0.25) is 0 Å². The van der Waals surface area contributed by atoms with Crippen molar-refractivity contribution in [3.63, 3.8) is 0 Å². The zero-order valence-electron chi connectivity index (χ0n) is 10.7. The molecule has 1 heterocycles. The molecule has 5 nitrogen and oxygen atoms in total. The number of nitrogens with one attached hydrogen (secondary N) is 1. The van der Waals surface area contributed by atoms with Crippen LogP contribution in [0.15, 0.2) is 0 Å². The predicted molar refractivity (Wildman–Crippen MR) is 68.0 cm³/mol. The third kappa shape index (κ3) is 3.66. The van der Waals surface area contributed by atoms with Gasteiger partial charge in [-0.3, -0.25) is 0 Å². The molecule has 0 aromatic heterocycles. The highest BCUT2D eigenvalue weighted by Gasteiger charge is 2.36. The van der Waals surface area contributed by atoms with Crippen LogP contribution >= 0.6 is 0 Å². The van der Waals surface area contributed by atoms with E-state index in [1.54, 1.807) is 0 Å². The standard InChI is InChI=1S/C13H20N2O3/c1-3-4-5-8-14-13(18)15-9-6-7-10(2)11(15)12(16)17/h1,10-11H,4-9H2,2H3,(H,14,18)(H,16,17). The molecule has 100 valence electrons. The number of carboxylic acids is 1. The van der Waals surface area contributed by atoms with Gasteiger partial charge in [0.05, 0.1) is 0 Å². The summed E-state index contributed by atoms with van der Waals surface area (Å²) < 4.78 is 0. The lowest BCUT2D eigenvalue weighted by Crippen LogP contribution is -2.55. The number of rotatable bonds is 4. The van der Waals surface area contributed by atoms with E-state index in [0.717, 1.165) is 12.8 Å². The van der Waals surface area contributed by atoms with Crippen molar-refractivity contribution in [3.8, 4) is 12.3 Å². The number of likely N-dealkylation sites (tertiary alicyclic amines) is 1. The molecule has 0 aromatic rings. The SMILES string of the molecule is C#CCCCNC(=O)N1CCCC(C)C1C(=O)O. The number of carboxylic acid groups (broad SMARTS) is 1. The number of urea groups is 1. The molecule has 2 unspecified atom stereocenters. The van der Waals surface area contributed by atoms with Crippen molar-refractivity contribution in [2.75, 3.05) is 13.1 Å². The number of aliphatic carboxylic acids is 1. The number of nitrogens with zero attached hydrogens (tertiary/aromatic N) is 1. The van der Waals surface area contributed by atoms with Gasteiger partial charge in [-0.05, 0) is 25.2 Å². The monoisotopic (exact) mass is 252 g/mol. The number of unbranched alkanes of at least 4 members (excludes halogenated alkanes) is 1. The summed E-state index contributed by atoms with van der Waals surface area (Å²) in [4.78, 5) is 24.6. The summed E-state index contributed by atoms with van der Waals surface area (Å²) in [6.45, 7) is 2.86. The molecule has 0 spiro atoms. The minimum atomic E-state index is -0.930. The van der Waals surface area contributed by atoms with E-state index in [1.807, 2.05) is 6.92 Å². The molecule has 2 N–H and O–H groups in total. The van der Waals surface area contributed by atoms with Gasteiger partial charge in [0.15, 0.2) is 0 Å². The van der Waals surface area contributed by atoms with Crippen molar-refractivity contribution >= 4 is 12.0 Å². The molecule has 2 atom stereocenters. The van der Waals surface area contributed by atoms with Gasteiger partial charge in [0.1, 0.15) is 6.04 Å². The van der Waals surface area contributed by atoms with Gasteiger partial charge in [-0.15, -0.1) is 12.3 Å². The number of carbonyl (C=O) groups excluding carboxylic acids is 1. The predicted octanol–water partition coefficient (Wildman–Crippen LogP) is 1.29. The lowest BCUT2D eigenvalue weighted by atomic mass is 9.91. The van der Waals surface area contributed by atoms with Crippen molar-refractivity contribution < 1.29 is 14.7 Å². The fourth-order valence-corrected chi connectivity index (χ4v) is 2.28. The van der Waals surface area contributed by atoms with E-state index in [4.69, 9.17) is 6.42 Å². The van der Waals surface area contributed by atoms with Crippen LogP contribution in [0, 0.1) is 18.3 Å². The van der Waals surface area contributed by atoms with Crippen LogP contribution in [0.1, 0.15) is 32.6 Å². The molecule has 18 heavy (non-hydrogen) atoms. The maximum Gasteiger partial charge on any atom is 0.326 e. The molecule has 1 fully saturated rings. The van der Waals surface area contributed by atoms with Crippen LogP contribution in [0.3, 0.4) is 0 Å². The molecule has 0 radical (unpaired) electrons. The summed E-state index contributed by atoms with van der Waals surface area (Å²) in [7, 11) is 0. The zero-order chi connectivity index (χ0) is 13.5. The zero-order valence-corrected chi connectivity index (χ0v) is 10.7. The third-order valence-corrected chi connectivity index (χ3v) is 3.22. The molecule has 1 saturated heterocycles. The lowest BCUT2D eigenvalue weighted by molar-refractivity contribution is -0.145. The molecule has 1 rings (SSSR count). The second-order valence-corrected chi connectivity index (χ2v) is 4.64. The Hall–Kier alpha value is -1.70. The van der Waals surface area contributed by atoms with Crippen molar-refractivity contribution in [1.82, 2.24) is 10.2 Å². The highest BCUT2D eigenvalue weighted by Crippen LogP contribution is 2.23. The Morgan fingerprint density at radius 2 is 2.28 bits per heavy atom. The number of terminal acetylenes is 1. The summed E-state index contributed by atoms with van der Waals surface area (Å²) in [5, 5.41) is 11.9. The highest BCUT2D eigenvalue weighted by molar-refractivity contribution is 5.83. The molecule has 0 bridgehead atoms. The van der Waals surface area contributed by atoms with E-state index < -0.39 is 12.0 Å². The molecule has 0 saturated carbocycles. The summed E-state index contributed by atoms with van der Waals surface area (Å²) in [6, 6.07) is -1.02. The van der Waals surface area contributed by atoms with E-state index in [1.165, 1.54) is 4.90 Å². The molecule has 1 aliphatic rings. The van der Waals surface area contributed by atoms with Gasteiger partial charge in [-0.25, -0.2) is 9.59 Å². The van der Waals surface area contributed by atoms with E-state index in [0.29, 0.717) is 25.9 Å². The average molecular weight is 252 g/mol. The van der Waals surface area contributed by atoms with Gasteiger partial charge in [-0.2, -0.15) is 0 Å². The minimum Gasteiger partial charge on any atom is -0.480 e. The van der Waals surface area contributed by atoms with Crippen LogP contribution in [-0.2, 0) is 4.79 Å². The van der Waals surface area contributed by atoms with Crippen molar-refractivity contribution in [2.24, 2.45) is 5.92 Å². The van der Waals surface area contributed by atoms with Crippen LogP contribution in [0.25, 0.3) is 0 Å². The lowest BCUT2D eigenvalue weighted by Gasteiger charge is -2.37. The first-order valence-corrected chi connectivity index (χ1v) is 6.28. The molecule has 2 amide bonds. The Labute approximate surface area is 108 Å². The molecule has 0 aliphatic carbocycles. The second kappa shape index (κ2) is 6.90. The normalized spacial score (nSPS) is 23.2. The van der Waals surface area contributed by atoms with Crippen LogP contribution in [0.2, 0.25) is 0 Å². The summed E-state index contributed by atoms with van der Waals surface area (Å²) in [5.74, 6) is 1.56. The van der Waals surface area contributed by atoms with Gasteiger partial charge in [0.25, 0.3) is 0 Å². The Bertz CT molecular complexity index is 349. The van der Waals surface area contributed by atoms with Crippen molar-refractivity contribution in [3.05, 3.63) is 0 Å². The number of piperidine rings is 1. The Morgan fingerprint density at radius 1 is 1.56 bits per heavy atom. The smallest absolute Gasteiger partial charge is 0.326 e. The van der Waals surface area contributed by atoms with Crippen molar-refractivity contribution in [1.29, 1.82) is 0 Å². The largest absolute Gasteiger partial charge is 0.480 e. The number of hydrogen-bond donors (Lipinski definition) is 2. The van der Waals surface area contributed by atoms with Gasteiger partial charge < -0.3 is 15.3 Å². The average Bonchev–Trinajstić information content (AvgIpc) is 2.33. The van der Waals surface area contributed by atoms with E-state index >= 15 is 0 Å². The van der Waals surface area contributed by atoms with Gasteiger partial charge in [-0.1, -0.05) is 6.92 Å². The number of amides is 2. The first-order chi connectivity index (χ1) is 8.57. The van der Waals surface area contributed by atoms with Crippen LogP contribution in [0.5, 0.6) is 0 Å². The number of carbonyl (C=O) groups is 2. The fourth-order valence-electron chi connectivity index (χ4n) is 2.28. The summed E-state index contributed by atoms with van der Waals surface area (Å²) in [6.07, 6.45) is 8.13. The quantitative estimate of drug-likeness (QED) is 0.585. The highest BCUT2D eigenvalue weighted by atomic mass is 16.4. The Kier molecular flexibility index (Phi) is 5.50. The van der Waals surface area contributed by atoms with Gasteiger partial charge in [0, 0.05) is 19.5 Å². The number of hydrogen-bond acceptors (Lipinski definition) is 2. The Morgan fingerprint density at radius 3 is 2.89 bits per heavy atom. The van der Waals surface area contributed by atoms with Crippen LogP contribution in [-0.4, -0.2) is 41.1 Å². The molecule has 5 heteroatoms. The van der Waals surface area contributed by atoms with E-state index in [-0.39, 0.29) is 11.9 Å². The van der Waals surface area contributed by atoms with E-state index in [9.17, 15) is 14.7 Å². The van der Waals surface area contributed by atoms with Crippen LogP contribution < -0.4 is 5.32 Å². The van der Waals surface area contributed by atoms with Crippen molar-refractivity contribution in [2.45, 2.75) is 38.6 Å². The topological polar surface area (TPSA) is 69.6 Å². The van der Waals surface area contributed by atoms with E-state index in [2.05, 4.69) is 11.2 Å². The third-order valence-electron chi connectivity index (χ3n) is 3.22.